The van der Waals surface area contributed by atoms with Crippen LogP contribution in [0.3, 0.4) is 0 Å². The Bertz CT molecular complexity index is 811. The molecule has 1 aliphatic rings. The first-order valence-electron chi connectivity index (χ1n) is 7.91. The van der Waals surface area contributed by atoms with Gasteiger partial charge in [-0.25, -0.2) is 13.2 Å². The lowest BCUT2D eigenvalue weighted by Gasteiger charge is -2.13. The van der Waals surface area contributed by atoms with E-state index in [-0.39, 0.29) is 19.1 Å². The van der Waals surface area contributed by atoms with Crippen LogP contribution in [0.4, 0.5) is 17.6 Å². The Kier molecular flexibility index (Phi) is 6.29. The molecule has 1 aromatic carbocycles. The van der Waals surface area contributed by atoms with Crippen LogP contribution in [0.2, 0.25) is 0 Å². The van der Waals surface area contributed by atoms with Crippen molar-refractivity contribution in [3.8, 4) is 5.75 Å². The molecule has 1 saturated carbocycles. The van der Waals surface area contributed by atoms with Crippen molar-refractivity contribution in [3.05, 3.63) is 29.1 Å². The average molecular weight is 389 g/mol. The van der Waals surface area contributed by atoms with Crippen molar-refractivity contribution in [2.45, 2.75) is 32.5 Å². The van der Waals surface area contributed by atoms with E-state index in [0.717, 1.165) is 13.1 Å². The molecule has 0 heterocycles. The van der Waals surface area contributed by atoms with Crippen LogP contribution in [-0.2, 0) is 14.3 Å². The number of halogens is 4. The number of nitrogens with zero attached hydrogens (tertiary/aromatic N) is 1. The number of ether oxygens (including phenoxy) is 2. The predicted molar refractivity (Wildman–Crippen MR) is 83.9 cm³/mol. The average Bonchev–Trinajstić information content (AvgIpc) is 3.30. The van der Waals surface area contributed by atoms with Gasteiger partial charge in [0.05, 0.1) is 18.2 Å². The SMILES string of the molecule is CCOC(=O)C(C=NC1CC1F)C(=O)c1cc(F)c(F)c(OC(C)=O)c1F. The van der Waals surface area contributed by atoms with Gasteiger partial charge in [-0.1, -0.05) is 0 Å². The van der Waals surface area contributed by atoms with Crippen molar-refractivity contribution in [2.24, 2.45) is 10.9 Å². The third kappa shape index (κ3) is 4.69. The van der Waals surface area contributed by atoms with Crippen molar-refractivity contribution < 1.29 is 41.4 Å². The minimum atomic E-state index is -1.81. The maximum absolute atomic E-state index is 14.4. The highest BCUT2D eigenvalue weighted by atomic mass is 19.2. The van der Waals surface area contributed by atoms with Gasteiger partial charge < -0.3 is 9.47 Å². The Labute approximate surface area is 151 Å². The van der Waals surface area contributed by atoms with Crippen LogP contribution >= 0.6 is 0 Å². The summed E-state index contributed by atoms with van der Waals surface area (Å²) in [7, 11) is 0. The molecule has 1 aromatic rings. The van der Waals surface area contributed by atoms with Crippen LogP contribution in [0.25, 0.3) is 0 Å². The third-order valence-corrected chi connectivity index (χ3v) is 3.56. The van der Waals surface area contributed by atoms with E-state index in [4.69, 9.17) is 4.74 Å². The van der Waals surface area contributed by atoms with E-state index in [2.05, 4.69) is 9.73 Å². The van der Waals surface area contributed by atoms with Crippen molar-refractivity contribution in [1.82, 2.24) is 0 Å². The Balaban J connectivity index is 2.44. The molecular formula is C17H15F4NO5. The zero-order valence-corrected chi connectivity index (χ0v) is 14.3. The van der Waals surface area contributed by atoms with Crippen LogP contribution in [0.5, 0.6) is 5.75 Å². The number of carbonyl (C=O) groups is 3. The number of ketones is 1. The molecule has 6 nitrogen and oxygen atoms in total. The normalized spacial score (nSPS) is 19.6. The molecule has 10 heteroatoms. The van der Waals surface area contributed by atoms with E-state index in [1.807, 2.05) is 0 Å². The monoisotopic (exact) mass is 389 g/mol. The molecule has 2 rings (SSSR count). The molecule has 1 aliphatic carbocycles. The molecule has 1 fully saturated rings. The zero-order valence-electron chi connectivity index (χ0n) is 14.3. The second-order valence-electron chi connectivity index (χ2n) is 5.67. The lowest BCUT2D eigenvalue weighted by Crippen LogP contribution is -2.29. The minimum absolute atomic E-state index is 0.108. The van der Waals surface area contributed by atoms with Crippen molar-refractivity contribution in [2.75, 3.05) is 6.61 Å². The molecule has 0 N–H and O–H groups in total. The number of benzene rings is 1. The van der Waals surface area contributed by atoms with Gasteiger partial charge in [0.2, 0.25) is 11.6 Å². The fraction of sp³-hybridized carbons (Fsp3) is 0.412. The first-order chi connectivity index (χ1) is 12.7. The molecular weight excluding hydrogens is 374 g/mol. The van der Waals surface area contributed by atoms with E-state index in [0.29, 0.717) is 0 Å². The summed E-state index contributed by atoms with van der Waals surface area (Å²) in [6, 6.07) is -0.504. The summed E-state index contributed by atoms with van der Waals surface area (Å²) >= 11 is 0. The van der Waals surface area contributed by atoms with Gasteiger partial charge in [-0.15, -0.1) is 0 Å². The third-order valence-electron chi connectivity index (χ3n) is 3.56. The predicted octanol–water partition coefficient (Wildman–Crippen LogP) is 2.57. The Hall–Kier alpha value is -2.78. The lowest BCUT2D eigenvalue weighted by molar-refractivity contribution is -0.144. The highest BCUT2D eigenvalue weighted by molar-refractivity contribution is 6.18. The smallest absolute Gasteiger partial charge is 0.322 e. The quantitative estimate of drug-likeness (QED) is 0.136. The summed E-state index contributed by atoms with van der Waals surface area (Å²) in [5.41, 5.74) is -1.04. The van der Waals surface area contributed by atoms with Gasteiger partial charge in [-0.3, -0.25) is 19.4 Å². The number of hydrogen-bond donors (Lipinski definition) is 0. The molecule has 0 aromatic heterocycles. The van der Waals surface area contributed by atoms with Crippen LogP contribution in [-0.4, -0.2) is 42.8 Å². The van der Waals surface area contributed by atoms with E-state index in [9.17, 15) is 31.9 Å². The maximum atomic E-state index is 14.4. The number of carbonyl (C=O) groups excluding carboxylic acids is 3. The highest BCUT2D eigenvalue weighted by Gasteiger charge is 2.38. The fourth-order valence-corrected chi connectivity index (χ4v) is 2.13. The molecule has 0 saturated heterocycles. The summed E-state index contributed by atoms with van der Waals surface area (Å²) in [4.78, 5) is 39.2. The van der Waals surface area contributed by atoms with Crippen LogP contribution in [0.15, 0.2) is 11.1 Å². The number of rotatable bonds is 7. The molecule has 0 bridgehead atoms. The summed E-state index contributed by atoms with van der Waals surface area (Å²) < 4.78 is 63.8. The lowest BCUT2D eigenvalue weighted by atomic mass is 9.97. The largest absolute Gasteiger partial charge is 0.465 e. The van der Waals surface area contributed by atoms with Crippen LogP contribution < -0.4 is 4.74 Å². The summed E-state index contributed by atoms with van der Waals surface area (Å²) in [5, 5.41) is 0. The van der Waals surface area contributed by atoms with Crippen LogP contribution in [0, 0.1) is 23.4 Å². The second-order valence-corrected chi connectivity index (χ2v) is 5.67. The van der Waals surface area contributed by atoms with Crippen molar-refractivity contribution >= 4 is 23.9 Å². The van der Waals surface area contributed by atoms with E-state index < -0.39 is 64.6 Å². The first-order valence-corrected chi connectivity index (χ1v) is 7.91. The minimum Gasteiger partial charge on any atom is -0.465 e. The van der Waals surface area contributed by atoms with Gasteiger partial charge in [0.25, 0.3) is 0 Å². The Morgan fingerprint density at radius 3 is 2.44 bits per heavy atom. The van der Waals surface area contributed by atoms with Crippen molar-refractivity contribution in [1.29, 1.82) is 0 Å². The molecule has 0 aliphatic heterocycles. The molecule has 3 unspecified atom stereocenters. The van der Waals surface area contributed by atoms with Gasteiger partial charge in [0.1, 0.15) is 6.17 Å². The molecule has 146 valence electrons. The van der Waals surface area contributed by atoms with Gasteiger partial charge in [-0.05, 0) is 13.0 Å². The molecule has 27 heavy (non-hydrogen) atoms. The first kappa shape index (κ1) is 20.5. The molecule has 0 spiro atoms. The van der Waals surface area contributed by atoms with E-state index in [1.54, 1.807) is 0 Å². The Morgan fingerprint density at radius 2 is 1.93 bits per heavy atom. The summed E-state index contributed by atoms with van der Waals surface area (Å²) in [6.07, 6.45) is -0.317. The standard InChI is InChI=1S/C17H15F4NO5/c1-3-26-17(25)9(6-22-12-5-10(12)18)15(24)8-4-11(19)14(21)16(13(8)20)27-7(2)23/h4,6,9-10,12H,3,5H2,1-2H3. The van der Waals surface area contributed by atoms with E-state index in [1.165, 1.54) is 6.92 Å². The maximum Gasteiger partial charge on any atom is 0.322 e. The molecule has 0 radical (unpaired) electrons. The van der Waals surface area contributed by atoms with Gasteiger partial charge in [0.15, 0.2) is 23.3 Å². The Morgan fingerprint density at radius 1 is 1.30 bits per heavy atom. The second kappa shape index (κ2) is 8.28. The number of aliphatic imine (C=N–C) groups is 1. The number of esters is 2. The van der Waals surface area contributed by atoms with Gasteiger partial charge in [-0.2, -0.15) is 4.39 Å². The van der Waals surface area contributed by atoms with E-state index >= 15 is 0 Å². The molecule has 0 amide bonds. The zero-order chi connectivity index (χ0) is 20.3. The van der Waals surface area contributed by atoms with Crippen molar-refractivity contribution in [3.63, 3.8) is 0 Å². The van der Waals surface area contributed by atoms with Crippen LogP contribution in [0.1, 0.15) is 30.6 Å². The molecule has 3 atom stereocenters. The number of Topliss-reactive ketones (excluding diaryl/α,β-unsaturated/α-hetero) is 1. The number of alkyl halides is 1. The summed E-state index contributed by atoms with van der Waals surface area (Å²) in [6.45, 7) is 2.15. The fourth-order valence-electron chi connectivity index (χ4n) is 2.13. The highest BCUT2D eigenvalue weighted by Crippen LogP contribution is 2.30. The topological polar surface area (TPSA) is 82.0 Å². The summed E-state index contributed by atoms with van der Waals surface area (Å²) in [5.74, 6) is -11.9. The van der Waals surface area contributed by atoms with Gasteiger partial charge >= 0.3 is 11.9 Å². The van der Waals surface area contributed by atoms with Gasteiger partial charge in [0, 0.05) is 19.6 Å². The number of hydrogen-bond acceptors (Lipinski definition) is 6.